The lowest BCUT2D eigenvalue weighted by Gasteiger charge is -2.31. The molecule has 0 bridgehead atoms. The second kappa shape index (κ2) is 8.89. The van der Waals surface area contributed by atoms with Crippen molar-refractivity contribution < 1.29 is 19.3 Å². The van der Waals surface area contributed by atoms with E-state index in [2.05, 4.69) is 31.2 Å². The summed E-state index contributed by atoms with van der Waals surface area (Å²) < 4.78 is 19.8. The first-order valence-corrected chi connectivity index (χ1v) is 9.99. The van der Waals surface area contributed by atoms with Gasteiger partial charge in [0, 0.05) is 24.2 Å². The Labute approximate surface area is 158 Å². The van der Waals surface area contributed by atoms with Gasteiger partial charge in [-0.2, -0.15) is 0 Å². The molecule has 0 aromatic heterocycles. The molecule has 0 amide bonds. The Bertz CT molecular complexity index is 720. The highest BCUT2D eigenvalue weighted by Gasteiger charge is 2.29. The molecule has 2 aromatic carbocycles. The van der Waals surface area contributed by atoms with Gasteiger partial charge in [-0.25, -0.2) is 4.39 Å². The van der Waals surface area contributed by atoms with E-state index in [1.54, 1.807) is 6.07 Å². The van der Waals surface area contributed by atoms with E-state index >= 15 is 0 Å². The Morgan fingerprint density at radius 2 is 1.85 bits per heavy atom. The van der Waals surface area contributed by atoms with E-state index in [0.717, 1.165) is 17.5 Å². The van der Waals surface area contributed by atoms with Gasteiger partial charge < -0.3 is 14.9 Å². The predicted octanol–water partition coefficient (Wildman–Crippen LogP) is 3.93. The number of hydrogen-bond acceptors (Lipinski definition) is 4. The first-order valence-electron chi connectivity index (χ1n) is 9.04. The first kappa shape index (κ1) is 19.2. The molecule has 0 aliphatic carbocycles. The SMILES string of the molecule is CCc1ccc(Cc2ccc(F)cc2O[C@H]2C[C@@H](O)C[C@@H](CO)S2)cc1. The van der Waals surface area contributed by atoms with Gasteiger partial charge in [-0.3, -0.25) is 0 Å². The molecule has 0 radical (unpaired) electrons. The molecule has 0 saturated carbocycles. The number of ether oxygens (including phenoxy) is 1. The molecular formula is C21H25FO3S. The number of aliphatic hydroxyl groups is 2. The minimum absolute atomic E-state index is 0.00136. The van der Waals surface area contributed by atoms with Crippen LogP contribution < -0.4 is 4.74 Å². The van der Waals surface area contributed by atoms with Gasteiger partial charge in [0.15, 0.2) is 0 Å². The first-order chi connectivity index (χ1) is 12.6. The Kier molecular flexibility index (Phi) is 6.57. The van der Waals surface area contributed by atoms with Crippen molar-refractivity contribution >= 4 is 11.8 Å². The predicted molar refractivity (Wildman–Crippen MR) is 103 cm³/mol. The average molecular weight is 376 g/mol. The number of benzene rings is 2. The number of hydrogen-bond donors (Lipinski definition) is 2. The van der Waals surface area contributed by atoms with Gasteiger partial charge in [0.05, 0.1) is 12.7 Å². The lowest BCUT2D eigenvalue weighted by Crippen LogP contribution is -2.33. The van der Waals surface area contributed by atoms with Crippen LogP contribution in [0.4, 0.5) is 4.39 Å². The number of aryl methyl sites for hydroxylation is 1. The van der Waals surface area contributed by atoms with Crippen molar-refractivity contribution in [1.82, 2.24) is 0 Å². The summed E-state index contributed by atoms with van der Waals surface area (Å²) in [5, 5.41) is 19.3. The van der Waals surface area contributed by atoms with Gasteiger partial charge in [-0.05, 0) is 35.6 Å². The molecule has 3 nitrogen and oxygen atoms in total. The van der Waals surface area contributed by atoms with Crippen LogP contribution in [0.25, 0.3) is 0 Å². The van der Waals surface area contributed by atoms with Crippen molar-refractivity contribution in [2.45, 2.75) is 49.4 Å². The van der Waals surface area contributed by atoms with Crippen LogP contribution in [0.1, 0.15) is 36.5 Å². The fraction of sp³-hybridized carbons (Fsp3) is 0.429. The Balaban J connectivity index is 1.76. The number of halogens is 1. The number of thioether (sulfide) groups is 1. The summed E-state index contributed by atoms with van der Waals surface area (Å²) in [4.78, 5) is 0. The fourth-order valence-corrected chi connectivity index (χ4v) is 4.52. The second-order valence-electron chi connectivity index (χ2n) is 6.71. The maximum Gasteiger partial charge on any atom is 0.147 e. The summed E-state index contributed by atoms with van der Waals surface area (Å²) in [6, 6.07) is 13.0. The van der Waals surface area contributed by atoms with Crippen LogP contribution in [0.5, 0.6) is 5.75 Å². The van der Waals surface area contributed by atoms with Gasteiger partial charge in [0.2, 0.25) is 0 Å². The zero-order valence-corrected chi connectivity index (χ0v) is 15.7. The summed E-state index contributed by atoms with van der Waals surface area (Å²) in [5.41, 5.74) is 3.05. The Morgan fingerprint density at radius 3 is 2.54 bits per heavy atom. The van der Waals surface area contributed by atoms with Crippen molar-refractivity contribution in [3.63, 3.8) is 0 Å². The molecule has 1 saturated heterocycles. The Hall–Kier alpha value is -1.56. The molecule has 2 aromatic rings. The van der Waals surface area contributed by atoms with Crippen molar-refractivity contribution in [2.24, 2.45) is 0 Å². The van der Waals surface area contributed by atoms with Crippen LogP contribution in [-0.4, -0.2) is 33.6 Å². The molecule has 26 heavy (non-hydrogen) atoms. The smallest absolute Gasteiger partial charge is 0.147 e. The van der Waals surface area contributed by atoms with E-state index in [0.29, 0.717) is 25.0 Å². The lowest BCUT2D eigenvalue weighted by atomic mass is 10.0. The van der Waals surface area contributed by atoms with E-state index in [9.17, 15) is 14.6 Å². The van der Waals surface area contributed by atoms with Gasteiger partial charge in [0.1, 0.15) is 17.0 Å². The van der Waals surface area contributed by atoms with Crippen LogP contribution in [0.3, 0.4) is 0 Å². The third-order valence-electron chi connectivity index (χ3n) is 4.66. The van der Waals surface area contributed by atoms with Crippen LogP contribution in [0, 0.1) is 5.82 Å². The van der Waals surface area contributed by atoms with Crippen LogP contribution in [0.15, 0.2) is 42.5 Å². The number of rotatable bonds is 6. The monoisotopic (exact) mass is 376 g/mol. The maximum atomic E-state index is 13.8. The average Bonchev–Trinajstić information content (AvgIpc) is 2.64. The molecule has 2 N–H and O–H groups in total. The topological polar surface area (TPSA) is 49.7 Å². The second-order valence-corrected chi connectivity index (χ2v) is 8.18. The molecule has 1 fully saturated rings. The summed E-state index contributed by atoms with van der Waals surface area (Å²) >= 11 is 1.50. The molecule has 1 aliphatic heterocycles. The van der Waals surface area contributed by atoms with Crippen LogP contribution >= 0.6 is 11.8 Å². The van der Waals surface area contributed by atoms with Gasteiger partial charge in [-0.1, -0.05) is 37.3 Å². The van der Waals surface area contributed by atoms with Crippen molar-refractivity contribution in [3.8, 4) is 5.75 Å². The van der Waals surface area contributed by atoms with Gasteiger partial charge in [0.25, 0.3) is 0 Å². The quantitative estimate of drug-likeness (QED) is 0.802. The van der Waals surface area contributed by atoms with Gasteiger partial charge >= 0.3 is 0 Å². The highest BCUT2D eigenvalue weighted by Crippen LogP contribution is 2.35. The molecule has 3 rings (SSSR count). The molecular weight excluding hydrogens is 351 g/mol. The van der Waals surface area contributed by atoms with Gasteiger partial charge in [-0.15, -0.1) is 11.8 Å². The third kappa shape index (κ3) is 5.00. The largest absolute Gasteiger partial charge is 0.479 e. The fourth-order valence-electron chi connectivity index (χ4n) is 3.18. The summed E-state index contributed by atoms with van der Waals surface area (Å²) in [5.74, 6) is 0.165. The molecule has 0 unspecified atom stereocenters. The highest BCUT2D eigenvalue weighted by molar-refractivity contribution is 8.00. The van der Waals surface area contributed by atoms with Crippen molar-refractivity contribution in [2.75, 3.05) is 6.61 Å². The molecule has 140 valence electrons. The normalized spacial score (nSPS) is 23.0. The standard InChI is InChI=1S/C21H25FO3S/c1-2-14-3-5-15(6-4-14)9-16-7-8-17(22)10-20(16)25-21-12-18(24)11-19(13-23)26-21/h3-8,10,18-19,21,23-24H,2,9,11-13H2,1H3/t18-,19-,21+/m0/s1. The summed E-state index contributed by atoms with van der Waals surface area (Å²) in [7, 11) is 0. The van der Waals surface area contributed by atoms with Crippen LogP contribution in [0.2, 0.25) is 0 Å². The zero-order valence-electron chi connectivity index (χ0n) is 14.9. The summed E-state index contributed by atoms with van der Waals surface area (Å²) in [6.07, 6.45) is 2.18. The van der Waals surface area contributed by atoms with E-state index in [1.807, 2.05) is 0 Å². The van der Waals surface area contributed by atoms with E-state index in [4.69, 9.17) is 4.74 Å². The highest BCUT2D eigenvalue weighted by atomic mass is 32.2. The molecule has 5 heteroatoms. The summed E-state index contributed by atoms with van der Waals surface area (Å²) in [6.45, 7) is 2.12. The van der Waals surface area contributed by atoms with Crippen LogP contribution in [-0.2, 0) is 12.8 Å². The molecule has 1 heterocycles. The van der Waals surface area contributed by atoms with E-state index in [-0.39, 0.29) is 23.1 Å². The molecule has 3 atom stereocenters. The van der Waals surface area contributed by atoms with E-state index in [1.165, 1.54) is 29.5 Å². The third-order valence-corrected chi connectivity index (χ3v) is 5.98. The molecule has 0 spiro atoms. The minimum atomic E-state index is -0.503. The lowest BCUT2D eigenvalue weighted by molar-refractivity contribution is 0.104. The van der Waals surface area contributed by atoms with E-state index < -0.39 is 6.10 Å². The van der Waals surface area contributed by atoms with Crippen molar-refractivity contribution in [1.29, 1.82) is 0 Å². The molecule has 1 aliphatic rings. The zero-order chi connectivity index (χ0) is 18.5. The number of aliphatic hydroxyl groups excluding tert-OH is 2. The van der Waals surface area contributed by atoms with Crippen molar-refractivity contribution in [3.05, 3.63) is 65.0 Å². The minimum Gasteiger partial charge on any atom is -0.479 e. The maximum absolute atomic E-state index is 13.8. The Morgan fingerprint density at radius 1 is 1.12 bits per heavy atom.